The van der Waals surface area contributed by atoms with Crippen LogP contribution in [0.5, 0.6) is 11.5 Å². The van der Waals surface area contributed by atoms with E-state index in [0.29, 0.717) is 0 Å². The lowest BCUT2D eigenvalue weighted by Gasteiger charge is -2.18. The van der Waals surface area contributed by atoms with E-state index in [1.807, 2.05) is 31.2 Å². The molecule has 21 heavy (non-hydrogen) atoms. The van der Waals surface area contributed by atoms with Crippen molar-refractivity contribution < 1.29 is 9.47 Å². The Bertz CT molecular complexity index is 623. The lowest BCUT2D eigenvalue weighted by atomic mass is 9.94. The molecule has 0 aliphatic carbocycles. The average Bonchev–Trinajstić information content (AvgIpc) is 2.49. The zero-order valence-corrected chi connectivity index (χ0v) is 13.1. The highest BCUT2D eigenvalue weighted by atomic mass is 16.5. The van der Waals surface area contributed by atoms with Crippen LogP contribution in [0.1, 0.15) is 28.3 Å². The van der Waals surface area contributed by atoms with Crippen LogP contribution in [-0.4, -0.2) is 14.2 Å². The van der Waals surface area contributed by atoms with Gasteiger partial charge < -0.3 is 15.2 Å². The van der Waals surface area contributed by atoms with E-state index >= 15 is 0 Å². The molecule has 0 heterocycles. The van der Waals surface area contributed by atoms with E-state index < -0.39 is 0 Å². The molecule has 0 aliphatic rings. The summed E-state index contributed by atoms with van der Waals surface area (Å²) in [7, 11) is 3.38. The molecule has 2 aromatic rings. The minimum absolute atomic E-state index is 0.0640. The van der Waals surface area contributed by atoms with Crippen molar-refractivity contribution in [1.29, 1.82) is 0 Å². The van der Waals surface area contributed by atoms with Gasteiger partial charge in [-0.3, -0.25) is 0 Å². The lowest BCUT2D eigenvalue weighted by molar-refractivity contribution is 0.407. The van der Waals surface area contributed by atoms with Crippen molar-refractivity contribution in [1.82, 2.24) is 0 Å². The second kappa shape index (κ2) is 6.64. The fourth-order valence-electron chi connectivity index (χ4n) is 2.65. The molecule has 112 valence electrons. The van der Waals surface area contributed by atoms with Crippen LogP contribution in [0.15, 0.2) is 36.4 Å². The molecule has 0 saturated carbocycles. The number of benzene rings is 2. The Kier molecular flexibility index (Phi) is 4.86. The summed E-state index contributed by atoms with van der Waals surface area (Å²) in [5, 5.41) is 0. The third-order valence-electron chi connectivity index (χ3n) is 3.82. The fraction of sp³-hybridized carbons (Fsp3) is 0.333. The standard InChI is InChI=1S/C18H23NO2/c1-12-10-18(21-4)13(2)9-15(12)16(19)11-14-7-5-6-8-17(14)20-3/h5-10,16H,11,19H2,1-4H3. The van der Waals surface area contributed by atoms with Crippen molar-refractivity contribution in [3.05, 3.63) is 58.7 Å². The summed E-state index contributed by atoms with van der Waals surface area (Å²) in [5.74, 6) is 1.79. The maximum Gasteiger partial charge on any atom is 0.122 e. The van der Waals surface area contributed by atoms with Crippen molar-refractivity contribution in [3.8, 4) is 11.5 Å². The average molecular weight is 285 g/mol. The summed E-state index contributed by atoms with van der Waals surface area (Å²) >= 11 is 0. The Morgan fingerprint density at radius 2 is 1.62 bits per heavy atom. The Morgan fingerprint density at radius 3 is 2.29 bits per heavy atom. The van der Waals surface area contributed by atoms with Crippen molar-refractivity contribution in [2.75, 3.05) is 14.2 Å². The number of para-hydroxylation sites is 1. The number of hydrogen-bond acceptors (Lipinski definition) is 3. The Morgan fingerprint density at radius 1 is 0.952 bits per heavy atom. The first kappa shape index (κ1) is 15.4. The molecular formula is C18H23NO2. The number of ether oxygens (including phenoxy) is 2. The van der Waals surface area contributed by atoms with Crippen LogP contribution < -0.4 is 15.2 Å². The number of rotatable bonds is 5. The van der Waals surface area contributed by atoms with E-state index in [0.717, 1.165) is 40.2 Å². The van der Waals surface area contributed by atoms with Gasteiger partial charge in [-0.15, -0.1) is 0 Å². The maximum atomic E-state index is 6.42. The van der Waals surface area contributed by atoms with Gasteiger partial charge in [0, 0.05) is 6.04 Å². The van der Waals surface area contributed by atoms with Crippen LogP contribution in [0.3, 0.4) is 0 Å². The molecule has 0 spiro atoms. The summed E-state index contributed by atoms with van der Waals surface area (Å²) in [4.78, 5) is 0. The summed E-state index contributed by atoms with van der Waals surface area (Å²) in [6.45, 7) is 4.11. The van der Waals surface area contributed by atoms with Gasteiger partial charge in [-0.05, 0) is 54.7 Å². The molecule has 0 aromatic heterocycles. The summed E-state index contributed by atoms with van der Waals surface area (Å²) in [6.07, 6.45) is 0.747. The van der Waals surface area contributed by atoms with Gasteiger partial charge >= 0.3 is 0 Å². The van der Waals surface area contributed by atoms with E-state index in [-0.39, 0.29) is 6.04 Å². The first-order valence-corrected chi connectivity index (χ1v) is 7.09. The van der Waals surface area contributed by atoms with Gasteiger partial charge in [-0.25, -0.2) is 0 Å². The number of hydrogen-bond donors (Lipinski definition) is 1. The molecule has 2 N–H and O–H groups in total. The number of nitrogens with two attached hydrogens (primary N) is 1. The van der Waals surface area contributed by atoms with Gasteiger partial charge in [0.05, 0.1) is 14.2 Å². The van der Waals surface area contributed by atoms with E-state index in [1.165, 1.54) is 0 Å². The molecule has 0 amide bonds. The molecule has 0 bridgehead atoms. The van der Waals surface area contributed by atoms with E-state index in [4.69, 9.17) is 15.2 Å². The summed E-state index contributed by atoms with van der Waals surface area (Å²) in [6, 6.07) is 12.1. The van der Waals surface area contributed by atoms with Crippen LogP contribution in [0.4, 0.5) is 0 Å². The van der Waals surface area contributed by atoms with Crippen LogP contribution in [0.2, 0.25) is 0 Å². The highest BCUT2D eigenvalue weighted by Crippen LogP contribution is 2.29. The third kappa shape index (κ3) is 3.37. The quantitative estimate of drug-likeness (QED) is 0.913. The van der Waals surface area contributed by atoms with Gasteiger partial charge in [-0.2, -0.15) is 0 Å². The third-order valence-corrected chi connectivity index (χ3v) is 3.82. The SMILES string of the molecule is COc1cc(C)c(C(N)Cc2ccccc2OC)cc1C. The maximum absolute atomic E-state index is 6.42. The van der Waals surface area contributed by atoms with Gasteiger partial charge in [-0.1, -0.05) is 24.3 Å². The zero-order chi connectivity index (χ0) is 15.4. The first-order valence-electron chi connectivity index (χ1n) is 7.09. The molecule has 0 fully saturated rings. The first-order chi connectivity index (χ1) is 10.1. The second-order valence-electron chi connectivity index (χ2n) is 5.30. The molecule has 1 unspecified atom stereocenters. The Balaban J connectivity index is 2.28. The predicted molar refractivity (Wildman–Crippen MR) is 86.1 cm³/mol. The summed E-state index contributed by atoms with van der Waals surface area (Å²) < 4.78 is 10.8. The molecule has 3 heteroatoms. The van der Waals surface area contributed by atoms with Crippen LogP contribution >= 0.6 is 0 Å². The topological polar surface area (TPSA) is 44.5 Å². The highest BCUT2D eigenvalue weighted by Gasteiger charge is 2.14. The van der Waals surface area contributed by atoms with Crippen LogP contribution in [0.25, 0.3) is 0 Å². The van der Waals surface area contributed by atoms with E-state index in [1.54, 1.807) is 14.2 Å². The van der Waals surface area contributed by atoms with Crippen molar-refractivity contribution in [2.24, 2.45) is 5.73 Å². The molecular weight excluding hydrogens is 262 g/mol. The molecule has 0 aliphatic heterocycles. The normalized spacial score (nSPS) is 12.0. The molecule has 1 atom stereocenters. The molecule has 0 saturated heterocycles. The van der Waals surface area contributed by atoms with Gasteiger partial charge in [0.15, 0.2) is 0 Å². The van der Waals surface area contributed by atoms with Crippen molar-refractivity contribution >= 4 is 0 Å². The minimum atomic E-state index is -0.0640. The van der Waals surface area contributed by atoms with Crippen LogP contribution in [-0.2, 0) is 6.42 Å². The largest absolute Gasteiger partial charge is 0.496 e. The van der Waals surface area contributed by atoms with Crippen LogP contribution in [0, 0.1) is 13.8 Å². The van der Waals surface area contributed by atoms with Gasteiger partial charge in [0.25, 0.3) is 0 Å². The van der Waals surface area contributed by atoms with Crippen molar-refractivity contribution in [2.45, 2.75) is 26.3 Å². The fourth-order valence-corrected chi connectivity index (χ4v) is 2.65. The monoisotopic (exact) mass is 285 g/mol. The minimum Gasteiger partial charge on any atom is -0.496 e. The highest BCUT2D eigenvalue weighted by molar-refractivity contribution is 5.44. The second-order valence-corrected chi connectivity index (χ2v) is 5.30. The Labute approximate surface area is 126 Å². The Hall–Kier alpha value is -2.00. The zero-order valence-electron chi connectivity index (χ0n) is 13.1. The summed E-state index contributed by atoms with van der Waals surface area (Å²) in [5.41, 5.74) is 11.0. The lowest BCUT2D eigenvalue weighted by Crippen LogP contribution is -2.15. The van der Waals surface area contributed by atoms with E-state index in [2.05, 4.69) is 19.1 Å². The van der Waals surface area contributed by atoms with Gasteiger partial charge in [0.1, 0.15) is 11.5 Å². The molecule has 2 rings (SSSR count). The van der Waals surface area contributed by atoms with Crippen molar-refractivity contribution in [3.63, 3.8) is 0 Å². The molecule has 2 aromatic carbocycles. The smallest absolute Gasteiger partial charge is 0.122 e. The molecule has 0 radical (unpaired) electrons. The van der Waals surface area contributed by atoms with E-state index in [9.17, 15) is 0 Å². The van der Waals surface area contributed by atoms with Gasteiger partial charge in [0.2, 0.25) is 0 Å². The number of methoxy groups -OCH3 is 2. The predicted octanol–water partition coefficient (Wildman–Crippen LogP) is 3.56. The number of aryl methyl sites for hydroxylation is 2. The molecule has 3 nitrogen and oxygen atoms in total.